The summed E-state index contributed by atoms with van der Waals surface area (Å²) < 4.78 is 0. The lowest BCUT2D eigenvalue weighted by Gasteiger charge is -2.37. The Morgan fingerprint density at radius 1 is 1.28 bits per heavy atom. The normalized spacial score (nSPS) is 31.2. The van der Waals surface area contributed by atoms with Crippen LogP contribution >= 0.6 is 0 Å². The summed E-state index contributed by atoms with van der Waals surface area (Å²) in [6, 6.07) is 11.9. The number of nitrogens with zero attached hydrogens (tertiary/aromatic N) is 2. The Morgan fingerprint density at radius 3 is 2.67 bits per heavy atom. The molecule has 2 aliphatic rings. The molecule has 0 radical (unpaired) electrons. The summed E-state index contributed by atoms with van der Waals surface area (Å²) in [6.07, 6.45) is 4.84. The molecule has 18 heavy (non-hydrogen) atoms. The standard InChI is InChI=1S/C15H19N3/c16-9-11-2-1-3-12(6-11)10-18-14-4-5-15(18)8-13(17)7-14/h1-3,6,13-15H,4-5,7-8,10,17H2/t13?,14-,15+. The van der Waals surface area contributed by atoms with Crippen molar-refractivity contribution in [2.24, 2.45) is 5.73 Å². The summed E-state index contributed by atoms with van der Waals surface area (Å²) in [5.41, 5.74) is 8.10. The highest BCUT2D eigenvalue weighted by atomic mass is 15.2. The largest absolute Gasteiger partial charge is 0.328 e. The molecule has 2 bridgehead atoms. The van der Waals surface area contributed by atoms with E-state index in [4.69, 9.17) is 11.0 Å². The molecule has 1 aromatic rings. The molecule has 94 valence electrons. The fraction of sp³-hybridized carbons (Fsp3) is 0.533. The molecule has 0 amide bonds. The summed E-state index contributed by atoms with van der Waals surface area (Å²) in [4.78, 5) is 2.60. The van der Waals surface area contributed by atoms with Crippen molar-refractivity contribution in [3.63, 3.8) is 0 Å². The van der Waals surface area contributed by atoms with Gasteiger partial charge in [0.2, 0.25) is 0 Å². The molecule has 3 rings (SSSR count). The van der Waals surface area contributed by atoms with Gasteiger partial charge in [0.1, 0.15) is 0 Å². The first kappa shape index (κ1) is 11.7. The molecule has 2 aliphatic heterocycles. The van der Waals surface area contributed by atoms with Crippen molar-refractivity contribution >= 4 is 0 Å². The van der Waals surface area contributed by atoms with Gasteiger partial charge in [0.05, 0.1) is 11.6 Å². The predicted molar refractivity (Wildman–Crippen MR) is 70.7 cm³/mol. The van der Waals surface area contributed by atoms with Gasteiger partial charge in [0.25, 0.3) is 0 Å². The Morgan fingerprint density at radius 2 is 2.00 bits per heavy atom. The molecule has 0 spiro atoms. The van der Waals surface area contributed by atoms with E-state index in [1.165, 1.54) is 18.4 Å². The second kappa shape index (κ2) is 4.72. The van der Waals surface area contributed by atoms with Crippen LogP contribution in [0.15, 0.2) is 24.3 Å². The number of hydrogen-bond donors (Lipinski definition) is 1. The zero-order valence-corrected chi connectivity index (χ0v) is 10.5. The molecule has 2 saturated heterocycles. The predicted octanol–water partition coefficient (Wildman–Crippen LogP) is 2.01. The molecular weight excluding hydrogens is 222 g/mol. The zero-order chi connectivity index (χ0) is 12.5. The highest BCUT2D eigenvalue weighted by Crippen LogP contribution is 2.36. The van der Waals surface area contributed by atoms with Crippen molar-refractivity contribution in [2.45, 2.75) is 50.4 Å². The van der Waals surface area contributed by atoms with Crippen LogP contribution in [-0.2, 0) is 6.54 Å². The van der Waals surface area contributed by atoms with E-state index >= 15 is 0 Å². The average molecular weight is 241 g/mol. The Hall–Kier alpha value is -1.37. The number of rotatable bonds is 2. The maximum Gasteiger partial charge on any atom is 0.0991 e. The monoisotopic (exact) mass is 241 g/mol. The maximum atomic E-state index is 8.94. The number of nitriles is 1. The molecule has 2 fully saturated rings. The van der Waals surface area contributed by atoms with Crippen LogP contribution in [0.5, 0.6) is 0 Å². The first-order valence-corrected chi connectivity index (χ1v) is 6.76. The van der Waals surface area contributed by atoms with Crippen LogP contribution in [0, 0.1) is 11.3 Å². The number of nitrogens with two attached hydrogens (primary N) is 1. The summed E-state index contributed by atoms with van der Waals surface area (Å²) in [5.74, 6) is 0. The molecule has 0 aromatic heterocycles. The van der Waals surface area contributed by atoms with E-state index in [9.17, 15) is 0 Å². The summed E-state index contributed by atoms with van der Waals surface area (Å²) in [7, 11) is 0. The molecule has 3 atom stereocenters. The molecule has 2 heterocycles. The Bertz CT molecular complexity index is 463. The van der Waals surface area contributed by atoms with Crippen molar-refractivity contribution in [2.75, 3.05) is 0 Å². The summed E-state index contributed by atoms with van der Waals surface area (Å²) in [5, 5.41) is 8.94. The lowest BCUT2D eigenvalue weighted by Crippen LogP contribution is -2.46. The Balaban J connectivity index is 1.75. The number of benzene rings is 1. The van der Waals surface area contributed by atoms with Crippen molar-refractivity contribution in [1.29, 1.82) is 5.26 Å². The Kier molecular flexibility index (Phi) is 3.07. The van der Waals surface area contributed by atoms with Crippen molar-refractivity contribution in [3.8, 4) is 6.07 Å². The smallest absolute Gasteiger partial charge is 0.0991 e. The van der Waals surface area contributed by atoms with Crippen molar-refractivity contribution < 1.29 is 0 Å². The van der Waals surface area contributed by atoms with Gasteiger partial charge in [-0.1, -0.05) is 12.1 Å². The van der Waals surface area contributed by atoms with Crippen LogP contribution < -0.4 is 5.73 Å². The number of piperidine rings is 1. The van der Waals surface area contributed by atoms with Crippen LogP contribution in [0.4, 0.5) is 0 Å². The number of fused-ring (bicyclic) bond motifs is 2. The molecule has 3 nitrogen and oxygen atoms in total. The van der Waals surface area contributed by atoms with Gasteiger partial charge in [-0.15, -0.1) is 0 Å². The molecule has 3 heteroatoms. The van der Waals surface area contributed by atoms with E-state index in [0.717, 1.165) is 24.9 Å². The van der Waals surface area contributed by atoms with Crippen molar-refractivity contribution in [1.82, 2.24) is 4.90 Å². The minimum absolute atomic E-state index is 0.393. The third-order valence-corrected chi connectivity index (χ3v) is 4.34. The van der Waals surface area contributed by atoms with Gasteiger partial charge in [0.15, 0.2) is 0 Å². The first-order valence-electron chi connectivity index (χ1n) is 6.76. The highest BCUT2D eigenvalue weighted by molar-refractivity contribution is 5.32. The molecule has 1 unspecified atom stereocenters. The van der Waals surface area contributed by atoms with E-state index < -0.39 is 0 Å². The lowest BCUT2D eigenvalue weighted by atomic mass is 9.97. The van der Waals surface area contributed by atoms with E-state index in [1.54, 1.807) is 0 Å². The summed E-state index contributed by atoms with van der Waals surface area (Å²) in [6.45, 7) is 0.970. The van der Waals surface area contributed by atoms with E-state index in [1.807, 2.05) is 18.2 Å². The molecule has 1 aromatic carbocycles. The molecule has 2 N–H and O–H groups in total. The minimum Gasteiger partial charge on any atom is -0.328 e. The fourth-order valence-electron chi connectivity index (χ4n) is 3.52. The van der Waals surface area contributed by atoms with E-state index in [2.05, 4.69) is 17.0 Å². The maximum absolute atomic E-state index is 8.94. The third kappa shape index (κ3) is 2.14. The van der Waals surface area contributed by atoms with Gasteiger partial charge in [-0.25, -0.2) is 0 Å². The van der Waals surface area contributed by atoms with Gasteiger partial charge in [-0.05, 0) is 43.4 Å². The van der Waals surface area contributed by atoms with Gasteiger partial charge < -0.3 is 5.73 Å². The van der Waals surface area contributed by atoms with Gasteiger partial charge >= 0.3 is 0 Å². The SMILES string of the molecule is N#Cc1cccc(CN2[C@@H]3CC[C@H]2CC(N)C3)c1. The van der Waals surface area contributed by atoms with Crippen LogP contribution in [-0.4, -0.2) is 23.0 Å². The first-order chi connectivity index (χ1) is 8.76. The quantitative estimate of drug-likeness (QED) is 0.861. The second-order valence-electron chi connectivity index (χ2n) is 5.60. The lowest BCUT2D eigenvalue weighted by molar-refractivity contribution is 0.120. The molecule has 0 saturated carbocycles. The average Bonchev–Trinajstić information content (AvgIpc) is 2.62. The fourth-order valence-corrected chi connectivity index (χ4v) is 3.52. The zero-order valence-electron chi connectivity index (χ0n) is 10.5. The minimum atomic E-state index is 0.393. The molecule has 0 aliphatic carbocycles. The van der Waals surface area contributed by atoms with Crippen molar-refractivity contribution in [3.05, 3.63) is 35.4 Å². The van der Waals surface area contributed by atoms with E-state index in [0.29, 0.717) is 18.1 Å². The van der Waals surface area contributed by atoms with E-state index in [-0.39, 0.29) is 0 Å². The van der Waals surface area contributed by atoms with Crippen LogP contribution in [0.3, 0.4) is 0 Å². The Labute approximate surface area is 108 Å². The van der Waals surface area contributed by atoms with Crippen LogP contribution in [0.2, 0.25) is 0 Å². The number of hydrogen-bond acceptors (Lipinski definition) is 3. The van der Waals surface area contributed by atoms with Gasteiger partial charge in [-0.3, -0.25) is 4.90 Å². The van der Waals surface area contributed by atoms with Gasteiger partial charge in [0, 0.05) is 24.7 Å². The second-order valence-corrected chi connectivity index (χ2v) is 5.60. The molecular formula is C15H19N3. The van der Waals surface area contributed by atoms with Crippen LogP contribution in [0.1, 0.15) is 36.8 Å². The highest BCUT2D eigenvalue weighted by Gasteiger charge is 2.39. The third-order valence-electron chi connectivity index (χ3n) is 4.34. The van der Waals surface area contributed by atoms with Gasteiger partial charge in [-0.2, -0.15) is 5.26 Å². The topological polar surface area (TPSA) is 53.0 Å². The van der Waals surface area contributed by atoms with Crippen LogP contribution in [0.25, 0.3) is 0 Å². The summed E-state index contributed by atoms with van der Waals surface area (Å²) >= 11 is 0.